The van der Waals surface area contributed by atoms with Crippen LogP contribution in [0.25, 0.3) is 10.8 Å². The molecule has 0 aliphatic rings. The molecule has 0 bridgehead atoms. The zero-order chi connectivity index (χ0) is 15.5. The number of hydrogen-bond donors (Lipinski definition) is 0. The zero-order valence-corrected chi connectivity index (χ0v) is 13.8. The second-order valence-corrected chi connectivity index (χ2v) is 6.00. The van der Waals surface area contributed by atoms with Gasteiger partial charge in [0.25, 0.3) is 0 Å². The fourth-order valence-electron chi connectivity index (χ4n) is 2.58. The van der Waals surface area contributed by atoms with Gasteiger partial charge in [-0.05, 0) is 35.2 Å². The molecule has 0 radical (unpaired) electrons. The number of ether oxygens (including phenoxy) is 1. The number of fused-ring (bicyclic) bond motifs is 1. The van der Waals surface area contributed by atoms with Crippen LogP contribution in [0.2, 0.25) is 0 Å². The second-order valence-electron chi connectivity index (χ2n) is 5.09. The molecule has 3 aromatic carbocycles. The Labute approximate surface area is 137 Å². The number of hydrogen-bond acceptors (Lipinski definition) is 2. The molecule has 0 saturated carbocycles. The molecule has 3 aromatic rings. The van der Waals surface area contributed by atoms with Crippen molar-refractivity contribution < 1.29 is 9.53 Å². The summed E-state index contributed by atoms with van der Waals surface area (Å²) in [4.78, 5) is 12.7. The van der Waals surface area contributed by atoms with Crippen LogP contribution in [0.1, 0.15) is 15.9 Å². The van der Waals surface area contributed by atoms with Crippen molar-refractivity contribution in [2.45, 2.75) is 6.42 Å². The SMILES string of the molecule is COc1ccc(C(=O)Cc2ccc(Br)cc2)c2ccccc12. The summed E-state index contributed by atoms with van der Waals surface area (Å²) >= 11 is 3.41. The van der Waals surface area contributed by atoms with Gasteiger partial charge in [-0.2, -0.15) is 0 Å². The number of ketones is 1. The molecule has 0 unspecified atom stereocenters. The van der Waals surface area contributed by atoms with Crippen molar-refractivity contribution in [2.24, 2.45) is 0 Å². The number of benzene rings is 3. The molecule has 0 amide bonds. The van der Waals surface area contributed by atoms with Crippen LogP contribution in [0.3, 0.4) is 0 Å². The van der Waals surface area contributed by atoms with Gasteiger partial charge in [-0.1, -0.05) is 52.3 Å². The first-order valence-corrected chi connectivity index (χ1v) is 7.81. The molecule has 0 spiro atoms. The molecule has 0 heterocycles. The molecule has 3 rings (SSSR count). The summed E-state index contributed by atoms with van der Waals surface area (Å²) in [5.74, 6) is 0.900. The molecule has 3 heteroatoms. The minimum atomic E-state index is 0.112. The van der Waals surface area contributed by atoms with Crippen LogP contribution in [0.5, 0.6) is 5.75 Å². The van der Waals surface area contributed by atoms with E-state index in [0.29, 0.717) is 6.42 Å². The first kappa shape index (κ1) is 14.8. The van der Waals surface area contributed by atoms with Crippen molar-refractivity contribution in [2.75, 3.05) is 7.11 Å². The van der Waals surface area contributed by atoms with E-state index in [1.54, 1.807) is 7.11 Å². The van der Waals surface area contributed by atoms with E-state index < -0.39 is 0 Å². The van der Waals surface area contributed by atoms with Crippen LogP contribution in [0.4, 0.5) is 0 Å². The van der Waals surface area contributed by atoms with Gasteiger partial charge in [0.05, 0.1) is 7.11 Å². The Hall–Kier alpha value is -2.13. The fraction of sp³-hybridized carbons (Fsp3) is 0.105. The predicted molar refractivity (Wildman–Crippen MR) is 92.7 cm³/mol. The summed E-state index contributed by atoms with van der Waals surface area (Å²) in [7, 11) is 1.64. The lowest BCUT2D eigenvalue weighted by Crippen LogP contribution is -2.04. The summed E-state index contributed by atoms with van der Waals surface area (Å²) in [6.45, 7) is 0. The normalized spacial score (nSPS) is 10.6. The highest BCUT2D eigenvalue weighted by atomic mass is 79.9. The molecular formula is C19H15BrO2. The Morgan fingerprint density at radius 3 is 2.32 bits per heavy atom. The molecule has 0 aliphatic carbocycles. The summed E-state index contributed by atoms with van der Waals surface area (Å²) in [6, 6.07) is 19.4. The lowest BCUT2D eigenvalue weighted by Gasteiger charge is -2.10. The maximum absolute atomic E-state index is 12.7. The van der Waals surface area contributed by atoms with E-state index in [2.05, 4.69) is 15.9 Å². The molecule has 110 valence electrons. The zero-order valence-electron chi connectivity index (χ0n) is 12.2. The third-order valence-electron chi connectivity index (χ3n) is 3.68. The van der Waals surface area contributed by atoms with Gasteiger partial charge in [0.2, 0.25) is 0 Å². The monoisotopic (exact) mass is 354 g/mol. The van der Waals surface area contributed by atoms with Crippen LogP contribution in [-0.4, -0.2) is 12.9 Å². The number of carbonyl (C=O) groups excluding carboxylic acids is 1. The predicted octanol–water partition coefficient (Wildman–Crippen LogP) is 5.04. The van der Waals surface area contributed by atoms with Crippen LogP contribution in [-0.2, 0) is 6.42 Å². The van der Waals surface area contributed by atoms with Gasteiger partial charge in [0.15, 0.2) is 5.78 Å². The van der Waals surface area contributed by atoms with E-state index in [1.165, 1.54) is 0 Å². The van der Waals surface area contributed by atoms with Gasteiger partial charge in [-0.3, -0.25) is 4.79 Å². The van der Waals surface area contributed by atoms with Crippen molar-refractivity contribution in [3.05, 3.63) is 76.3 Å². The van der Waals surface area contributed by atoms with Gasteiger partial charge in [-0.15, -0.1) is 0 Å². The Bertz CT molecular complexity index is 822. The second kappa shape index (κ2) is 6.32. The Balaban J connectivity index is 1.99. The van der Waals surface area contributed by atoms with Gasteiger partial charge >= 0.3 is 0 Å². The molecule has 22 heavy (non-hydrogen) atoms. The van der Waals surface area contributed by atoms with Gasteiger partial charge < -0.3 is 4.74 Å². The summed E-state index contributed by atoms with van der Waals surface area (Å²) in [5.41, 5.74) is 1.74. The standard InChI is InChI=1S/C19H15BrO2/c1-22-19-11-10-16(15-4-2-3-5-17(15)19)18(21)12-13-6-8-14(20)9-7-13/h2-11H,12H2,1H3. The molecule has 0 atom stereocenters. The summed E-state index contributed by atoms with van der Waals surface area (Å²) < 4.78 is 6.39. The smallest absolute Gasteiger partial charge is 0.167 e. The highest BCUT2D eigenvalue weighted by molar-refractivity contribution is 9.10. The van der Waals surface area contributed by atoms with Crippen LogP contribution in [0, 0.1) is 0 Å². The van der Waals surface area contributed by atoms with Crippen molar-refractivity contribution in [1.82, 2.24) is 0 Å². The maximum atomic E-state index is 12.7. The van der Waals surface area contributed by atoms with E-state index in [0.717, 1.165) is 32.1 Å². The molecule has 0 aromatic heterocycles. The first-order valence-electron chi connectivity index (χ1n) is 7.02. The van der Waals surface area contributed by atoms with Crippen LogP contribution < -0.4 is 4.74 Å². The van der Waals surface area contributed by atoms with E-state index in [1.807, 2.05) is 60.7 Å². The van der Waals surface area contributed by atoms with Crippen molar-refractivity contribution in [3.63, 3.8) is 0 Å². The van der Waals surface area contributed by atoms with Gasteiger partial charge in [0, 0.05) is 21.8 Å². The van der Waals surface area contributed by atoms with E-state index in [-0.39, 0.29) is 5.78 Å². The quantitative estimate of drug-likeness (QED) is 0.613. The lowest BCUT2D eigenvalue weighted by atomic mass is 9.97. The highest BCUT2D eigenvalue weighted by Gasteiger charge is 2.13. The Kier molecular flexibility index (Phi) is 4.25. The highest BCUT2D eigenvalue weighted by Crippen LogP contribution is 2.29. The number of rotatable bonds is 4. The van der Waals surface area contributed by atoms with Crippen molar-refractivity contribution in [3.8, 4) is 5.75 Å². The van der Waals surface area contributed by atoms with Crippen molar-refractivity contribution >= 4 is 32.5 Å². The summed E-state index contributed by atoms with van der Waals surface area (Å²) in [6.07, 6.45) is 0.392. The molecule has 0 fully saturated rings. The van der Waals surface area contributed by atoms with Gasteiger partial charge in [-0.25, -0.2) is 0 Å². The minimum absolute atomic E-state index is 0.112. The minimum Gasteiger partial charge on any atom is -0.496 e. The molecule has 2 nitrogen and oxygen atoms in total. The number of Topliss-reactive ketones (excluding diaryl/α,β-unsaturated/α-hetero) is 1. The average Bonchev–Trinajstić information content (AvgIpc) is 2.56. The Morgan fingerprint density at radius 1 is 0.955 bits per heavy atom. The molecule has 0 saturated heterocycles. The summed E-state index contributed by atoms with van der Waals surface area (Å²) in [5, 5.41) is 1.90. The fourth-order valence-corrected chi connectivity index (χ4v) is 2.84. The maximum Gasteiger partial charge on any atom is 0.167 e. The van der Waals surface area contributed by atoms with Crippen molar-refractivity contribution in [1.29, 1.82) is 0 Å². The van der Waals surface area contributed by atoms with Crippen LogP contribution >= 0.6 is 15.9 Å². The third kappa shape index (κ3) is 2.90. The third-order valence-corrected chi connectivity index (χ3v) is 4.21. The van der Waals surface area contributed by atoms with Gasteiger partial charge in [0.1, 0.15) is 5.75 Å². The Morgan fingerprint density at radius 2 is 1.64 bits per heavy atom. The largest absolute Gasteiger partial charge is 0.496 e. The average molecular weight is 355 g/mol. The number of carbonyl (C=O) groups is 1. The van der Waals surface area contributed by atoms with E-state index in [9.17, 15) is 4.79 Å². The first-order chi connectivity index (χ1) is 10.7. The lowest BCUT2D eigenvalue weighted by molar-refractivity contribution is 0.0994. The topological polar surface area (TPSA) is 26.3 Å². The molecular weight excluding hydrogens is 340 g/mol. The van der Waals surface area contributed by atoms with E-state index >= 15 is 0 Å². The van der Waals surface area contributed by atoms with Crippen LogP contribution in [0.15, 0.2) is 65.1 Å². The molecule has 0 aliphatic heterocycles. The van der Waals surface area contributed by atoms with E-state index in [4.69, 9.17) is 4.74 Å². The number of halogens is 1. The number of methoxy groups -OCH3 is 1. The molecule has 0 N–H and O–H groups in total.